The molecule has 6 heterocycles. The molecule has 0 bridgehead atoms. The zero-order chi connectivity index (χ0) is 41.8. The number of hydrogen-bond donors (Lipinski definition) is 1. The monoisotopic (exact) mass is 871 g/mol. The average Bonchev–Trinajstić information content (AvgIpc) is 4.04. The third-order valence-electron chi connectivity index (χ3n) is 9.35. The number of hydrogen-bond acceptors (Lipinski definition) is 15. The van der Waals surface area contributed by atoms with Crippen LogP contribution in [0.5, 0.6) is 34.5 Å². The molecule has 9 rings (SSSR count). The molecule has 0 aliphatic heterocycles. The number of carbonyl (C=O) groups is 1. The van der Waals surface area contributed by atoms with Crippen LogP contribution in [-0.2, 0) is 17.2 Å². The molecule has 3 aromatic carbocycles. The highest BCUT2D eigenvalue weighted by Gasteiger charge is 2.22. The number of ether oxygens (including phenoxy) is 7. The van der Waals surface area contributed by atoms with E-state index >= 15 is 0 Å². The molecular formula is C43H38ClN3O9S3. The van der Waals surface area contributed by atoms with Gasteiger partial charge >= 0.3 is 5.97 Å². The van der Waals surface area contributed by atoms with Gasteiger partial charge in [0.15, 0.2) is 17.2 Å². The number of aliphatic hydroxyl groups excluding tert-OH is 1. The van der Waals surface area contributed by atoms with Gasteiger partial charge in [-0.1, -0.05) is 0 Å². The SMILES string of the molecule is COC(=O)c1cc2c(OC)c3ncccc3c(OC)c2s1.COc1c2cc(CCl)sc2c(OC)c2cccnc12.COc1c2cc(CO)sc2c(OC)c2cccnc12. The number of aliphatic hydroxyl groups is 1. The minimum Gasteiger partial charge on any atom is -0.495 e. The lowest BCUT2D eigenvalue weighted by molar-refractivity contribution is 0.0606. The van der Waals surface area contributed by atoms with Crippen LogP contribution in [0.4, 0.5) is 0 Å². The lowest BCUT2D eigenvalue weighted by atomic mass is 10.1. The quantitative estimate of drug-likeness (QED) is 0.109. The first-order valence-electron chi connectivity index (χ1n) is 17.8. The fourth-order valence-electron chi connectivity index (χ4n) is 6.92. The van der Waals surface area contributed by atoms with Crippen molar-refractivity contribution in [2.75, 3.05) is 49.8 Å². The lowest BCUT2D eigenvalue weighted by Gasteiger charge is -2.10. The number of alkyl halides is 1. The molecule has 9 aromatic rings. The van der Waals surface area contributed by atoms with Crippen LogP contribution >= 0.6 is 45.6 Å². The van der Waals surface area contributed by atoms with Crippen molar-refractivity contribution in [1.29, 1.82) is 0 Å². The normalized spacial score (nSPS) is 11.0. The molecule has 12 nitrogen and oxygen atoms in total. The summed E-state index contributed by atoms with van der Waals surface area (Å²) in [6.07, 6.45) is 5.18. The van der Waals surface area contributed by atoms with E-state index in [1.165, 1.54) is 29.8 Å². The van der Waals surface area contributed by atoms with Gasteiger partial charge in [-0.25, -0.2) is 4.79 Å². The standard InChI is InChI=1S/C15H13NO4S.C14H12ClNO2S.C14H13NO3S/c1-18-12-9-7-10(15(17)20-3)21-14(9)13(19-2)8-5-4-6-16-11(8)12;1-17-12-10-6-8(7-15)19-14(10)13(18-2)9-4-3-5-16-11(9)12;1-17-12-10-6-8(7-16)19-14(10)13(18-2)9-4-3-5-15-11(9)12/h4-7H,1-3H3;3-6H,7H2,1-2H3;3-6,16H,7H2,1-2H3. The molecule has 1 N–H and O–H groups in total. The summed E-state index contributed by atoms with van der Waals surface area (Å²) in [5, 5.41) is 14.8. The number of aromatic nitrogens is 3. The van der Waals surface area contributed by atoms with Crippen molar-refractivity contribution in [3.8, 4) is 34.5 Å². The summed E-state index contributed by atoms with van der Waals surface area (Å²) in [5.41, 5.74) is 2.29. The number of benzene rings is 3. The van der Waals surface area contributed by atoms with Gasteiger partial charge in [0.25, 0.3) is 0 Å². The molecule has 16 heteroatoms. The number of halogens is 1. The number of esters is 1. The number of thiophene rings is 3. The van der Waals surface area contributed by atoms with Crippen LogP contribution in [0.25, 0.3) is 63.0 Å². The maximum absolute atomic E-state index is 11.8. The van der Waals surface area contributed by atoms with E-state index in [2.05, 4.69) is 15.0 Å². The van der Waals surface area contributed by atoms with E-state index in [4.69, 9.17) is 44.8 Å². The van der Waals surface area contributed by atoms with E-state index in [1.54, 1.807) is 78.7 Å². The topological polar surface area (TPSA) is 141 Å². The molecule has 0 unspecified atom stereocenters. The first kappa shape index (κ1) is 41.4. The van der Waals surface area contributed by atoms with Gasteiger partial charge in [-0.15, -0.1) is 45.6 Å². The molecule has 0 amide bonds. The molecule has 0 aliphatic rings. The smallest absolute Gasteiger partial charge is 0.348 e. The highest BCUT2D eigenvalue weighted by Crippen LogP contribution is 2.48. The molecule has 0 atom stereocenters. The van der Waals surface area contributed by atoms with E-state index in [0.29, 0.717) is 27.8 Å². The highest BCUT2D eigenvalue weighted by molar-refractivity contribution is 7.21. The van der Waals surface area contributed by atoms with Gasteiger partial charge in [-0.2, -0.15) is 0 Å². The minimum atomic E-state index is -0.377. The van der Waals surface area contributed by atoms with Crippen LogP contribution in [0.1, 0.15) is 19.4 Å². The maximum Gasteiger partial charge on any atom is 0.348 e. The van der Waals surface area contributed by atoms with E-state index in [-0.39, 0.29) is 12.6 Å². The Kier molecular flexibility index (Phi) is 12.7. The van der Waals surface area contributed by atoms with Gasteiger partial charge in [-0.3, -0.25) is 15.0 Å². The lowest BCUT2D eigenvalue weighted by Crippen LogP contribution is -1.96. The summed E-state index contributed by atoms with van der Waals surface area (Å²) in [5.74, 6) is 4.54. The van der Waals surface area contributed by atoms with Gasteiger partial charge in [0.1, 0.15) is 38.7 Å². The first-order chi connectivity index (χ1) is 28.8. The fraction of sp³-hybridized carbons (Fsp3) is 0.209. The predicted octanol–water partition coefficient (Wildman–Crippen LogP) is 10.4. The van der Waals surface area contributed by atoms with E-state index in [9.17, 15) is 9.90 Å². The molecule has 0 fully saturated rings. The van der Waals surface area contributed by atoms with Gasteiger partial charge in [-0.05, 0) is 54.6 Å². The number of nitrogens with zero attached hydrogens (tertiary/aromatic N) is 3. The van der Waals surface area contributed by atoms with Gasteiger partial charge in [0.05, 0.1) is 76.4 Å². The van der Waals surface area contributed by atoms with E-state index in [1.807, 2.05) is 48.5 Å². The molecule has 304 valence electrons. The van der Waals surface area contributed by atoms with Crippen molar-refractivity contribution in [3.05, 3.63) is 87.8 Å². The molecule has 0 saturated carbocycles. The Hall–Kier alpha value is -5.71. The summed E-state index contributed by atoms with van der Waals surface area (Å²) >= 11 is 10.4. The number of rotatable bonds is 9. The second-order valence-corrected chi connectivity index (χ2v) is 16.0. The minimum absolute atomic E-state index is 0.00935. The van der Waals surface area contributed by atoms with Crippen LogP contribution in [0.2, 0.25) is 0 Å². The van der Waals surface area contributed by atoms with Crippen LogP contribution in [0.15, 0.2) is 73.2 Å². The van der Waals surface area contributed by atoms with Crippen molar-refractivity contribution in [2.24, 2.45) is 0 Å². The summed E-state index contributed by atoms with van der Waals surface area (Å²) in [6.45, 7) is 0.00935. The zero-order valence-corrected chi connectivity index (χ0v) is 36.2. The number of carbonyl (C=O) groups excluding carboxylic acids is 1. The average molecular weight is 872 g/mol. The summed E-state index contributed by atoms with van der Waals surface area (Å²) in [7, 11) is 11.2. The zero-order valence-electron chi connectivity index (χ0n) is 33.0. The summed E-state index contributed by atoms with van der Waals surface area (Å²) in [6, 6.07) is 17.2. The fourth-order valence-corrected chi connectivity index (χ4v) is 10.4. The Labute approximate surface area is 355 Å². The van der Waals surface area contributed by atoms with Crippen LogP contribution in [0.3, 0.4) is 0 Å². The molecular weight excluding hydrogens is 834 g/mol. The molecule has 0 aliphatic carbocycles. The van der Waals surface area contributed by atoms with Crippen LogP contribution in [0, 0.1) is 0 Å². The Morgan fingerprint density at radius 2 is 0.915 bits per heavy atom. The molecule has 6 aromatic heterocycles. The van der Waals surface area contributed by atoms with E-state index in [0.717, 1.165) is 90.2 Å². The highest BCUT2D eigenvalue weighted by atomic mass is 35.5. The summed E-state index contributed by atoms with van der Waals surface area (Å²) in [4.78, 5) is 27.4. The second-order valence-electron chi connectivity index (χ2n) is 12.4. The molecule has 0 saturated heterocycles. The third kappa shape index (κ3) is 7.44. The molecule has 0 spiro atoms. The Balaban J connectivity index is 0.000000134. The van der Waals surface area contributed by atoms with Crippen molar-refractivity contribution in [1.82, 2.24) is 15.0 Å². The number of fused-ring (bicyclic) bond motifs is 6. The summed E-state index contributed by atoms with van der Waals surface area (Å²) < 4.78 is 40.8. The Morgan fingerprint density at radius 3 is 1.29 bits per heavy atom. The van der Waals surface area contributed by atoms with Crippen LogP contribution in [-0.4, -0.2) is 75.8 Å². The molecule has 0 radical (unpaired) electrons. The third-order valence-corrected chi connectivity index (χ3v) is 13.2. The number of methoxy groups -OCH3 is 7. The van der Waals surface area contributed by atoms with Gasteiger partial charge in [0.2, 0.25) is 0 Å². The van der Waals surface area contributed by atoms with Crippen LogP contribution < -0.4 is 28.4 Å². The van der Waals surface area contributed by atoms with Crippen molar-refractivity contribution >= 4 is 115 Å². The maximum atomic E-state index is 11.8. The van der Waals surface area contributed by atoms with Gasteiger partial charge < -0.3 is 38.3 Å². The predicted molar refractivity (Wildman–Crippen MR) is 238 cm³/mol. The largest absolute Gasteiger partial charge is 0.495 e. The van der Waals surface area contributed by atoms with Crippen molar-refractivity contribution in [2.45, 2.75) is 12.5 Å². The Morgan fingerprint density at radius 1 is 0.542 bits per heavy atom. The second kappa shape index (κ2) is 18.1. The van der Waals surface area contributed by atoms with Crippen molar-refractivity contribution < 1.29 is 43.1 Å². The molecule has 59 heavy (non-hydrogen) atoms. The number of pyridine rings is 3. The van der Waals surface area contributed by atoms with E-state index < -0.39 is 0 Å². The first-order valence-corrected chi connectivity index (χ1v) is 20.8. The van der Waals surface area contributed by atoms with Gasteiger partial charge in [0, 0.05) is 60.7 Å². The van der Waals surface area contributed by atoms with Crippen molar-refractivity contribution in [3.63, 3.8) is 0 Å². The Bertz CT molecular complexity index is 2670.